The van der Waals surface area contributed by atoms with Gasteiger partial charge in [-0.2, -0.15) is 0 Å². The summed E-state index contributed by atoms with van der Waals surface area (Å²) in [5.74, 6) is 0. The molecule has 0 saturated carbocycles. The lowest BCUT2D eigenvalue weighted by atomic mass is 10.1. The molecule has 0 atom stereocenters. The van der Waals surface area contributed by atoms with E-state index in [1.165, 1.54) is 41.6 Å². The summed E-state index contributed by atoms with van der Waals surface area (Å²) >= 11 is 1.89. The highest BCUT2D eigenvalue weighted by molar-refractivity contribution is 7.95. The predicted octanol–water partition coefficient (Wildman–Crippen LogP) is 4.55. The van der Waals surface area contributed by atoms with Crippen LogP contribution in [0.4, 0.5) is 0 Å². The van der Waals surface area contributed by atoms with Gasteiger partial charge in [-0.25, -0.2) is 0 Å². The minimum atomic E-state index is -1.89. The summed E-state index contributed by atoms with van der Waals surface area (Å²) in [6.07, 6.45) is 1.01. The molecule has 0 aliphatic carbocycles. The summed E-state index contributed by atoms with van der Waals surface area (Å²) < 4.78 is 2.72. The van der Waals surface area contributed by atoms with E-state index in [2.05, 4.69) is 133 Å². The van der Waals surface area contributed by atoms with Crippen LogP contribution in [0.1, 0.15) is 5.56 Å². The lowest BCUT2D eigenvalue weighted by Crippen LogP contribution is -3.00. The number of thiophene rings is 1. The van der Waals surface area contributed by atoms with Gasteiger partial charge in [0.25, 0.3) is 0 Å². The molecule has 0 aliphatic heterocycles. The molecule has 0 radical (unpaired) electrons. The molecular formula is C31H24BrPS. The van der Waals surface area contributed by atoms with E-state index in [4.69, 9.17) is 0 Å². The maximum Gasteiger partial charge on any atom is 0.116 e. The fourth-order valence-corrected chi connectivity index (χ4v) is 10.2. The molecule has 166 valence electrons. The number of halogens is 1. The van der Waals surface area contributed by atoms with Gasteiger partial charge in [0.2, 0.25) is 0 Å². The van der Waals surface area contributed by atoms with Crippen molar-refractivity contribution in [1.29, 1.82) is 0 Å². The molecule has 3 heteroatoms. The predicted molar refractivity (Wildman–Crippen MR) is 148 cm³/mol. The van der Waals surface area contributed by atoms with Crippen molar-refractivity contribution in [2.75, 3.05) is 0 Å². The summed E-state index contributed by atoms with van der Waals surface area (Å²) in [6.45, 7) is 0. The van der Waals surface area contributed by atoms with Gasteiger partial charge in [-0.15, -0.1) is 11.3 Å². The molecule has 0 N–H and O–H groups in total. The molecule has 0 aliphatic rings. The van der Waals surface area contributed by atoms with Crippen molar-refractivity contribution in [3.8, 4) is 0 Å². The van der Waals surface area contributed by atoms with Crippen molar-refractivity contribution >= 4 is 54.7 Å². The van der Waals surface area contributed by atoms with Gasteiger partial charge in [-0.3, -0.25) is 0 Å². The van der Waals surface area contributed by atoms with Gasteiger partial charge in [0.15, 0.2) is 0 Å². The Balaban J connectivity index is 0.00000241. The Labute approximate surface area is 216 Å². The molecule has 5 aromatic carbocycles. The second kappa shape index (κ2) is 9.84. The zero-order valence-electron chi connectivity index (χ0n) is 18.6. The number of hydrogen-bond donors (Lipinski definition) is 0. The molecule has 1 heterocycles. The van der Waals surface area contributed by atoms with E-state index in [0.717, 1.165) is 6.16 Å². The van der Waals surface area contributed by atoms with Crippen molar-refractivity contribution in [2.24, 2.45) is 0 Å². The molecule has 0 saturated heterocycles. The molecule has 6 rings (SSSR count). The van der Waals surface area contributed by atoms with E-state index in [-0.39, 0.29) is 17.0 Å². The molecular weight excluding hydrogens is 515 g/mol. The quantitative estimate of drug-likeness (QED) is 0.282. The average Bonchev–Trinajstić information content (AvgIpc) is 3.27. The minimum Gasteiger partial charge on any atom is -1.00 e. The molecule has 34 heavy (non-hydrogen) atoms. The first-order chi connectivity index (χ1) is 16.3. The van der Waals surface area contributed by atoms with Gasteiger partial charge >= 0.3 is 0 Å². The smallest absolute Gasteiger partial charge is 0.116 e. The standard InChI is InChI=1S/C31H24PS.BrH/c1-4-12-25(13-5-1)32(26-14-6-2-7-15-26,27-16-8-3-9-17-27)23-24-20-21-31-29(22-24)28-18-10-11-19-30(28)33-31;/h1-22H,23H2;1H/q+1;/p-1. The highest BCUT2D eigenvalue weighted by Gasteiger charge is 2.45. The van der Waals surface area contributed by atoms with Gasteiger partial charge in [-0.1, -0.05) is 78.9 Å². The van der Waals surface area contributed by atoms with Gasteiger partial charge in [-0.05, 0) is 60.2 Å². The SMILES string of the molecule is [Br-].c1ccc([P+](Cc2ccc3sc4ccccc4c3c2)(c2ccccc2)c2ccccc2)cc1. The first-order valence-electron chi connectivity index (χ1n) is 11.3. The number of rotatable bonds is 5. The van der Waals surface area contributed by atoms with Crippen LogP contribution in [0.25, 0.3) is 20.2 Å². The second-order valence-electron chi connectivity index (χ2n) is 8.40. The molecule has 6 aromatic rings. The lowest BCUT2D eigenvalue weighted by Gasteiger charge is -2.28. The summed E-state index contributed by atoms with van der Waals surface area (Å²) in [5, 5.41) is 7.02. The Morgan fingerprint density at radius 2 is 0.941 bits per heavy atom. The van der Waals surface area contributed by atoms with E-state index in [1.54, 1.807) is 0 Å². The van der Waals surface area contributed by atoms with E-state index >= 15 is 0 Å². The normalized spacial score (nSPS) is 11.4. The Morgan fingerprint density at radius 1 is 0.471 bits per heavy atom. The van der Waals surface area contributed by atoms with E-state index in [0.29, 0.717) is 0 Å². The van der Waals surface area contributed by atoms with E-state index in [1.807, 2.05) is 11.3 Å². The zero-order valence-corrected chi connectivity index (χ0v) is 21.9. The molecule has 0 nitrogen and oxygen atoms in total. The van der Waals surface area contributed by atoms with Crippen LogP contribution in [-0.2, 0) is 6.16 Å². The largest absolute Gasteiger partial charge is 1.00 e. The van der Waals surface area contributed by atoms with Crippen LogP contribution < -0.4 is 32.9 Å². The Hall–Kier alpha value is -2.77. The van der Waals surface area contributed by atoms with Gasteiger partial charge in [0, 0.05) is 20.2 Å². The number of fused-ring (bicyclic) bond motifs is 3. The van der Waals surface area contributed by atoms with Crippen molar-refractivity contribution in [3.05, 3.63) is 139 Å². The molecule has 0 unspecified atom stereocenters. The van der Waals surface area contributed by atoms with Crippen LogP contribution in [0.5, 0.6) is 0 Å². The fraction of sp³-hybridized carbons (Fsp3) is 0.0323. The summed E-state index contributed by atoms with van der Waals surface area (Å²) in [6, 6.07) is 49.3. The third-order valence-electron chi connectivity index (χ3n) is 6.45. The van der Waals surface area contributed by atoms with Crippen LogP contribution in [0.3, 0.4) is 0 Å². The van der Waals surface area contributed by atoms with Crippen LogP contribution >= 0.6 is 18.6 Å². The maximum atomic E-state index is 2.44. The highest BCUT2D eigenvalue weighted by atomic mass is 79.9. The van der Waals surface area contributed by atoms with Crippen LogP contribution in [-0.4, -0.2) is 0 Å². The first-order valence-corrected chi connectivity index (χ1v) is 14.1. The summed E-state index contributed by atoms with van der Waals surface area (Å²) in [7, 11) is -1.89. The highest BCUT2D eigenvalue weighted by Crippen LogP contribution is 2.58. The molecule has 0 amide bonds. The molecule has 0 fully saturated rings. The van der Waals surface area contributed by atoms with Crippen molar-refractivity contribution in [2.45, 2.75) is 6.16 Å². The topological polar surface area (TPSA) is 0 Å². The van der Waals surface area contributed by atoms with E-state index < -0.39 is 7.26 Å². The van der Waals surface area contributed by atoms with Crippen LogP contribution in [0.2, 0.25) is 0 Å². The molecule has 1 aromatic heterocycles. The van der Waals surface area contributed by atoms with E-state index in [9.17, 15) is 0 Å². The maximum absolute atomic E-state index is 2.44. The van der Waals surface area contributed by atoms with Crippen LogP contribution in [0, 0.1) is 0 Å². The zero-order chi connectivity index (χ0) is 22.1. The average molecular weight is 539 g/mol. The van der Waals surface area contributed by atoms with Gasteiger partial charge < -0.3 is 17.0 Å². The van der Waals surface area contributed by atoms with Gasteiger partial charge in [0.05, 0.1) is 6.16 Å². The van der Waals surface area contributed by atoms with Crippen molar-refractivity contribution < 1.29 is 17.0 Å². The number of hydrogen-bond acceptors (Lipinski definition) is 1. The lowest BCUT2D eigenvalue weighted by molar-refractivity contribution is -0.00000614. The van der Waals surface area contributed by atoms with Crippen molar-refractivity contribution in [3.63, 3.8) is 0 Å². The Kier molecular flexibility index (Phi) is 6.66. The van der Waals surface area contributed by atoms with Crippen LogP contribution in [0.15, 0.2) is 133 Å². The monoisotopic (exact) mass is 538 g/mol. The summed E-state index contributed by atoms with van der Waals surface area (Å²) in [4.78, 5) is 0. The Bertz CT molecular complexity index is 1430. The molecule has 0 bridgehead atoms. The van der Waals surface area contributed by atoms with Crippen molar-refractivity contribution in [1.82, 2.24) is 0 Å². The molecule has 0 spiro atoms. The minimum absolute atomic E-state index is 0. The number of benzene rings is 5. The Morgan fingerprint density at radius 3 is 1.50 bits per heavy atom. The van der Waals surface area contributed by atoms with Gasteiger partial charge in [0.1, 0.15) is 23.2 Å². The second-order valence-corrected chi connectivity index (χ2v) is 13.0. The third kappa shape index (κ3) is 4.01. The fourth-order valence-electron chi connectivity index (χ4n) is 4.91. The first kappa shape index (κ1) is 23.0. The third-order valence-corrected chi connectivity index (χ3v) is 12.0. The summed E-state index contributed by atoms with van der Waals surface area (Å²) in [5.41, 5.74) is 1.40.